The van der Waals surface area contributed by atoms with Crippen molar-refractivity contribution in [1.82, 2.24) is 0 Å². The van der Waals surface area contributed by atoms with Crippen LogP contribution in [-0.4, -0.2) is 41.0 Å². The minimum absolute atomic E-state index is 0.126. The molecular formula is C23H27Cl3O4S. The van der Waals surface area contributed by atoms with Crippen LogP contribution in [0, 0.1) is 0 Å². The molecule has 0 aliphatic rings. The molecule has 0 saturated heterocycles. The van der Waals surface area contributed by atoms with Crippen molar-refractivity contribution < 1.29 is 19.7 Å². The Bertz CT molecular complexity index is 862. The summed E-state index contributed by atoms with van der Waals surface area (Å²) in [5, 5.41) is 20.1. The molecule has 2 aromatic rings. The number of halogens is 3. The van der Waals surface area contributed by atoms with Gasteiger partial charge in [0.05, 0.1) is 16.1 Å². The second-order valence-corrected chi connectivity index (χ2v) is 9.78. The molecule has 31 heavy (non-hydrogen) atoms. The quantitative estimate of drug-likeness (QED) is 0.328. The summed E-state index contributed by atoms with van der Waals surface area (Å²) in [4.78, 5) is 0. The number of benzene rings is 2. The van der Waals surface area contributed by atoms with Crippen molar-refractivity contribution in [1.29, 1.82) is 0 Å². The third-order valence-electron chi connectivity index (χ3n) is 4.74. The molecule has 0 heterocycles. The van der Waals surface area contributed by atoms with Crippen molar-refractivity contribution in [2.24, 2.45) is 0 Å². The van der Waals surface area contributed by atoms with Gasteiger partial charge in [0.2, 0.25) is 0 Å². The first-order valence-electron chi connectivity index (χ1n) is 9.78. The second-order valence-electron chi connectivity index (χ2n) is 7.43. The lowest BCUT2D eigenvalue weighted by Crippen LogP contribution is -2.21. The van der Waals surface area contributed by atoms with Crippen LogP contribution in [0.3, 0.4) is 0 Å². The van der Waals surface area contributed by atoms with E-state index in [1.165, 1.54) is 0 Å². The monoisotopic (exact) mass is 504 g/mol. The van der Waals surface area contributed by atoms with E-state index in [0.29, 0.717) is 21.5 Å². The van der Waals surface area contributed by atoms with E-state index in [0.717, 1.165) is 22.4 Å². The smallest absolute Gasteiger partial charge is 0.157 e. The molecule has 0 fully saturated rings. The van der Waals surface area contributed by atoms with Crippen LogP contribution < -0.4 is 9.47 Å². The van der Waals surface area contributed by atoms with Crippen LogP contribution in [0.5, 0.6) is 11.5 Å². The summed E-state index contributed by atoms with van der Waals surface area (Å²) in [6.07, 6.45) is -0.493. The lowest BCUT2D eigenvalue weighted by atomic mass is 9.78. The second kappa shape index (κ2) is 12.1. The van der Waals surface area contributed by atoms with Crippen molar-refractivity contribution in [2.75, 3.05) is 24.7 Å². The van der Waals surface area contributed by atoms with Gasteiger partial charge >= 0.3 is 0 Å². The summed E-state index contributed by atoms with van der Waals surface area (Å²) in [6, 6.07) is 11.3. The van der Waals surface area contributed by atoms with E-state index in [4.69, 9.17) is 44.3 Å². The zero-order valence-corrected chi connectivity index (χ0v) is 20.8. The average Bonchev–Trinajstić information content (AvgIpc) is 2.75. The van der Waals surface area contributed by atoms with Crippen LogP contribution in [0.25, 0.3) is 0 Å². The molecule has 0 bridgehead atoms. The molecule has 0 radical (unpaired) electrons. The normalized spacial score (nSPS) is 13.2. The number of ether oxygens (including phenoxy) is 2. The maximum absolute atomic E-state index is 9.93. The zero-order valence-electron chi connectivity index (χ0n) is 17.7. The number of aliphatic hydroxyl groups excluding tert-OH is 2. The number of aliphatic hydroxyl groups is 2. The first kappa shape index (κ1) is 26.0. The Kier molecular flexibility index (Phi) is 10.2. The van der Waals surface area contributed by atoms with Gasteiger partial charge in [0, 0.05) is 16.7 Å². The highest BCUT2D eigenvalue weighted by Crippen LogP contribution is 2.40. The van der Waals surface area contributed by atoms with E-state index in [1.807, 2.05) is 24.3 Å². The Hall–Kier alpha value is -1.24. The van der Waals surface area contributed by atoms with Gasteiger partial charge in [-0.3, -0.25) is 0 Å². The highest BCUT2D eigenvalue weighted by atomic mass is 35.5. The molecule has 170 valence electrons. The Labute approximate surface area is 203 Å². The molecule has 0 spiro atoms. The predicted molar refractivity (Wildman–Crippen MR) is 132 cm³/mol. The molecule has 0 aliphatic heterocycles. The first-order valence-corrected chi connectivity index (χ1v) is 12.1. The molecule has 2 N–H and O–H groups in total. The summed E-state index contributed by atoms with van der Waals surface area (Å²) in [5.74, 6) is 2.49. The fourth-order valence-electron chi connectivity index (χ4n) is 2.87. The van der Waals surface area contributed by atoms with Gasteiger partial charge in [-0.2, -0.15) is 11.8 Å². The van der Waals surface area contributed by atoms with E-state index >= 15 is 0 Å². The van der Waals surface area contributed by atoms with Crippen LogP contribution in [-0.2, 0) is 5.41 Å². The summed E-state index contributed by atoms with van der Waals surface area (Å²) in [5.41, 5.74) is 2.59. The molecule has 0 aromatic heterocycles. The van der Waals surface area contributed by atoms with Crippen LogP contribution in [0.4, 0.5) is 0 Å². The molecule has 0 saturated carbocycles. The van der Waals surface area contributed by atoms with Gasteiger partial charge in [0.25, 0.3) is 0 Å². The first-order chi connectivity index (χ1) is 14.7. The third kappa shape index (κ3) is 7.40. The molecule has 8 heteroatoms. The molecule has 1 unspecified atom stereocenters. The van der Waals surface area contributed by atoms with E-state index in [2.05, 4.69) is 20.8 Å². The SMILES string of the molecule is CCSCC(O)COc1ccc(C(C)(C)c2cc(Cl)c(OC/C(O)=C/Cl)c(Cl)c2)cc1. The van der Waals surface area contributed by atoms with Crippen molar-refractivity contribution >= 4 is 46.6 Å². The van der Waals surface area contributed by atoms with Gasteiger partial charge in [-0.15, -0.1) is 0 Å². The van der Waals surface area contributed by atoms with Crippen molar-refractivity contribution in [3.63, 3.8) is 0 Å². The largest absolute Gasteiger partial charge is 0.508 e. The summed E-state index contributed by atoms with van der Waals surface area (Å²) in [6.45, 7) is 6.33. The van der Waals surface area contributed by atoms with Gasteiger partial charge < -0.3 is 19.7 Å². The zero-order chi connectivity index (χ0) is 23.0. The fourth-order valence-corrected chi connectivity index (χ4v) is 4.13. The highest BCUT2D eigenvalue weighted by Gasteiger charge is 2.26. The predicted octanol–water partition coefficient (Wildman–Crippen LogP) is 6.83. The molecule has 0 aliphatic carbocycles. The number of hydrogen-bond acceptors (Lipinski definition) is 5. The van der Waals surface area contributed by atoms with Crippen LogP contribution in [0.2, 0.25) is 10.0 Å². The Morgan fingerprint density at radius 1 is 1.10 bits per heavy atom. The topological polar surface area (TPSA) is 58.9 Å². The van der Waals surface area contributed by atoms with E-state index < -0.39 is 6.10 Å². The van der Waals surface area contributed by atoms with Crippen molar-refractivity contribution in [3.05, 3.63) is 68.9 Å². The standard InChI is InChI=1S/C23H27Cl3O4S/c1-4-31-14-18(28)13-29-19-7-5-15(6-8-19)23(2,3)16-9-20(25)22(21(26)10-16)30-12-17(27)11-24/h5-11,18,27-28H,4,12-14H2,1-3H3/b17-11-. The number of hydrogen-bond donors (Lipinski definition) is 2. The van der Waals surface area contributed by atoms with Gasteiger partial charge in [0.1, 0.15) is 24.7 Å². The summed E-state index contributed by atoms with van der Waals surface area (Å²) in [7, 11) is 0. The minimum atomic E-state index is -0.493. The Morgan fingerprint density at radius 3 is 2.26 bits per heavy atom. The Balaban J connectivity index is 2.13. The van der Waals surface area contributed by atoms with Crippen LogP contribution >= 0.6 is 46.6 Å². The lowest BCUT2D eigenvalue weighted by Gasteiger charge is -2.27. The van der Waals surface area contributed by atoms with Gasteiger partial charge in [-0.1, -0.05) is 67.7 Å². The molecule has 4 nitrogen and oxygen atoms in total. The van der Waals surface area contributed by atoms with Crippen LogP contribution in [0.15, 0.2) is 47.7 Å². The van der Waals surface area contributed by atoms with E-state index in [9.17, 15) is 10.2 Å². The maximum Gasteiger partial charge on any atom is 0.157 e. The number of rotatable bonds is 11. The third-order valence-corrected chi connectivity index (χ3v) is 6.59. The summed E-state index contributed by atoms with van der Waals surface area (Å²) < 4.78 is 11.2. The molecule has 2 rings (SSSR count). The average molecular weight is 506 g/mol. The van der Waals surface area contributed by atoms with Gasteiger partial charge in [0.15, 0.2) is 5.75 Å². The lowest BCUT2D eigenvalue weighted by molar-refractivity contribution is 0.126. The minimum Gasteiger partial charge on any atom is -0.508 e. The van der Waals surface area contributed by atoms with E-state index in [1.54, 1.807) is 23.9 Å². The van der Waals surface area contributed by atoms with Gasteiger partial charge in [-0.05, 0) is 41.1 Å². The van der Waals surface area contributed by atoms with Crippen molar-refractivity contribution in [3.8, 4) is 11.5 Å². The maximum atomic E-state index is 9.93. The fraction of sp³-hybridized carbons (Fsp3) is 0.391. The molecule has 0 amide bonds. The summed E-state index contributed by atoms with van der Waals surface area (Å²) >= 11 is 19.9. The molecule has 1 atom stereocenters. The number of thioether (sulfide) groups is 1. The van der Waals surface area contributed by atoms with Gasteiger partial charge in [-0.25, -0.2) is 0 Å². The Morgan fingerprint density at radius 2 is 1.71 bits per heavy atom. The molecule has 2 aromatic carbocycles. The highest BCUT2D eigenvalue weighted by molar-refractivity contribution is 7.99. The van der Waals surface area contributed by atoms with E-state index in [-0.39, 0.29) is 30.1 Å². The van der Waals surface area contributed by atoms with Crippen LogP contribution in [0.1, 0.15) is 31.9 Å². The molecular weight excluding hydrogens is 479 g/mol. The van der Waals surface area contributed by atoms with Crippen molar-refractivity contribution in [2.45, 2.75) is 32.3 Å².